The van der Waals surface area contributed by atoms with E-state index in [-0.39, 0.29) is 11.8 Å². The van der Waals surface area contributed by atoms with Crippen molar-refractivity contribution in [2.24, 2.45) is 0 Å². The van der Waals surface area contributed by atoms with Crippen molar-refractivity contribution in [3.05, 3.63) is 74.3 Å². The molecular formula is C22H24N4O4. The summed E-state index contributed by atoms with van der Waals surface area (Å²) in [6.07, 6.45) is 0. The number of nitrogens with zero attached hydrogens (tertiary/aromatic N) is 2. The molecule has 0 saturated carbocycles. The zero-order valence-corrected chi connectivity index (χ0v) is 17.2. The number of hydrogen-bond acceptors (Lipinski definition) is 4. The van der Waals surface area contributed by atoms with E-state index in [0.29, 0.717) is 47.5 Å². The summed E-state index contributed by atoms with van der Waals surface area (Å²) >= 11 is 0. The number of aromatic nitrogens is 2. The Morgan fingerprint density at radius 1 is 1.00 bits per heavy atom. The second-order valence-electron chi connectivity index (χ2n) is 6.75. The zero-order chi connectivity index (χ0) is 21.8. The topological polar surface area (TPSA) is 104 Å². The molecule has 156 valence electrons. The van der Waals surface area contributed by atoms with E-state index in [9.17, 15) is 19.2 Å². The zero-order valence-electron chi connectivity index (χ0n) is 17.2. The Kier molecular flexibility index (Phi) is 6.15. The molecule has 1 aromatic heterocycles. The van der Waals surface area contributed by atoms with Crippen LogP contribution in [0.3, 0.4) is 0 Å². The molecule has 0 aliphatic heterocycles. The van der Waals surface area contributed by atoms with Gasteiger partial charge in [0.1, 0.15) is 0 Å². The normalized spacial score (nSPS) is 10.8. The van der Waals surface area contributed by atoms with Crippen LogP contribution in [0.1, 0.15) is 41.5 Å². The minimum Gasteiger partial charge on any atom is -0.339 e. The Hall–Kier alpha value is -3.68. The van der Waals surface area contributed by atoms with Gasteiger partial charge in [-0.1, -0.05) is 6.07 Å². The molecule has 2 N–H and O–H groups in total. The fraction of sp³-hybridized carbons (Fsp3) is 0.273. The second kappa shape index (κ2) is 8.77. The van der Waals surface area contributed by atoms with E-state index in [1.54, 1.807) is 48.2 Å². The van der Waals surface area contributed by atoms with Crippen molar-refractivity contribution in [1.82, 2.24) is 14.5 Å². The third-order valence-electron chi connectivity index (χ3n) is 4.97. The van der Waals surface area contributed by atoms with E-state index >= 15 is 0 Å². The molecule has 0 bridgehead atoms. The summed E-state index contributed by atoms with van der Waals surface area (Å²) in [5, 5.41) is 2.78. The first-order valence-electron chi connectivity index (χ1n) is 9.87. The van der Waals surface area contributed by atoms with Crippen LogP contribution in [-0.4, -0.2) is 39.4 Å². The number of amides is 2. The van der Waals surface area contributed by atoms with Gasteiger partial charge in [-0.05, 0) is 57.2 Å². The standard InChI is InChI=1S/C22H24N4O4/c1-4-25(5-2)21(29)15-8-7-9-16(12-15)23-19(27)14-10-11-18-17(13-14)24-20(28)22(30)26(18)6-3/h7-13H,4-6H2,1-3H3,(H,23,27)(H,24,28). The van der Waals surface area contributed by atoms with Gasteiger partial charge in [-0.2, -0.15) is 0 Å². The van der Waals surface area contributed by atoms with Crippen LogP contribution >= 0.6 is 0 Å². The number of carbonyl (C=O) groups excluding carboxylic acids is 2. The highest BCUT2D eigenvalue weighted by molar-refractivity contribution is 6.06. The fourth-order valence-corrected chi connectivity index (χ4v) is 3.36. The Morgan fingerprint density at radius 2 is 1.73 bits per heavy atom. The molecule has 1 heterocycles. The number of carbonyl (C=O) groups is 2. The molecule has 0 aliphatic rings. The average Bonchev–Trinajstić information content (AvgIpc) is 2.75. The number of fused-ring (bicyclic) bond motifs is 1. The Balaban J connectivity index is 1.89. The number of aryl methyl sites for hydroxylation is 1. The van der Waals surface area contributed by atoms with E-state index in [0.717, 1.165) is 0 Å². The van der Waals surface area contributed by atoms with Crippen molar-refractivity contribution in [3.63, 3.8) is 0 Å². The smallest absolute Gasteiger partial charge is 0.316 e. The van der Waals surface area contributed by atoms with Gasteiger partial charge in [-0.25, -0.2) is 0 Å². The van der Waals surface area contributed by atoms with Crippen LogP contribution in [0.15, 0.2) is 52.1 Å². The van der Waals surface area contributed by atoms with Gasteiger partial charge in [0.15, 0.2) is 0 Å². The number of anilines is 1. The lowest BCUT2D eigenvalue weighted by molar-refractivity contribution is 0.0772. The first-order valence-corrected chi connectivity index (χ1v) is 9.87. The maximum absolute atomic E-state index is 12.7. The first-order chi connectivity index (χ1) is 14.4. The van der Waals surface area contributed by atoms with E-state index in [2.05, 4.69) is 10.3 Å². The lowest BCUT2D eigenvalue weighted by Gasteiger charge is -2.19. The van der Waals surface area contributed by atoms with Crippen molar-refractivity contribution >= 4 is 28.5 Å². The molecule has 0 atom stereocenters. The molecule has 0 radical (unpaired) electrons. The van der Waals surface area contributed by atoms with E-state index < -0.39 is 11.1 Å². The minimum atomic E-state index is -0.732. The molecule has 8 nitrogen and oxygen atoms in total. The van der Waals surface area contributed by atoms with Gasteiger partial charge >= 0.3 is 11.1 Å². The molecule has 3 aromatic rings. The molecule has 0 aliphatic carbocycles. The van der Waals surface area contributed by atoms with Crippen LogP contribution in [0.2, 0.25) is 0 Å². The van der Waals surface area contributed by atoms with Gasteiger partial charge in [0.2, 0.25) is 0 Å². The van der Waals surface area contributed by atoms with Gasteiger partial charge in [-0.3, -0.25) is 19.2 Å². The van der Waals surface area contributed by atoms with Crippen LogP contribution in [-0.2, 0) is 6.54 Å². The molecular weight excluding hydrogens is 384 g/mol. The van der Waals surface area contributed by atoms with Gasteiger partial charge in [0, 0.05) is 36.4 Å². The monoisotopic (exact) mass is 408 g/mol. The summed E-state index contributed by atoms with van der Waals surface area (Å²) < 4.78 is 1.36. The number of H-pyrrole nitrogens is 1. The fourth-order valence-electron chi connectivity index (χ4n) is 3.36. The number of nitrogens with one attached hydrogen (secondary N) is 2. The van der Waals surface area contributed by atoms with Crippen molar-refractivity contribution in [2.45, 2.75) is 27.3 Å². The third-order valence-corrected chi connectivity index (χ3v) is 4.97. The predicted octanol–water partition coefficient (Wildman–Crippen LogP) is 2.44. The van der Waals surface area contributed by atoms with Gasteiger partial charge in [0.05, 0.1) is 11.0 Å². The number of hydrogen-bond donors (Lipinski definition) is 2. The molecule has 30 heavy (non-hydrogen) atoms. The first kappa shape index (κ1) is 21.0. The largest absolute Gasteiger partial charge is 0.339 e. The highest BCUT2D eigenvalue weighted by Gasteiger charge is 2.14. The van der Waals surface area contributed by atoms with Crippen LogP contribution in [0.4, 0.5) is 5.69 Å². The number of aromatic amines is 1. The molecule has 2 aromatic carbocycles. The van der Waals surface area contributed by atoms with Gasteiger partial charge < -0.3 is 19.8 Å². The van der Waals surface area contributed by atoms with Crippen LogP contribution in [0.25, 0.3) is 11.0 Å². The van der Waals surface area contributed by atoms with Crippen molar-refractivity contribution in [1.29, 1.82) is 0 Å². The Labute approximate surface area is 173 Å². The highest BCUT2D eigenvalue weighted by Crippen LogP contribution is 2.16. The van der Waals surface area contributed by atoms with E-state index in [1.165, 1.54) is 10.6 Å². The molecule has 3 rings (SSSR count). The van der Waals surface area contributed by atoms with Gasteiger partial charge in [-0.15, -0.1) is 0 Å². The van der Waals surface area contributed by atoms with Crippen molar-refractivity contribution in [3.8, 4) is 0 Å². The van der Waals surface area contributed by atoms with Crippen LogP contribution in [0.5, 0.6) is 0 Å². The average molecular weight is 408 g/mol. The molecule has 8 heteroatoms. The highest BCUT2D eigenvalue weighted by atomic mass is 16.2. The summed E-state index contributed by atoms with van der Waals surface area (Å²) in [5.41, 5.74) is 0.891. The number of benzene rings is 2. The molecule has 0 spiro atoms. The maximum atomic E-state index is 12.7. The quantitative estimate of drug-likeness (QED) is 0.611. The summed E-state index contributed by atoms with van der Waals surface area (Å²) in [4.78, 5) is 53.3. The summed E-state index contributed by atoms with van der Waals surface area (Å²) in [5.74, 6) is -0.489. The number of rotatable bonds is 6. The van der Waals surface area contributed by atoms with E-state index in [1.807, 2.05) is 13.8 Å². The predicted molar refractivity (Wildman–Crippen MR) is 116 cm³/mol. The Bertz CT molecular complexity index is 1220. The SMILES string of the molecule is CCN(CC)C(=O)c1cccc(NC(=O)c2ccc3c(c2)[nH]c(=O)c(=O)n3CC)c1. The minimum absolute atomic E-state index is 0.100. The summed E-state index contributed by atoms with van der Waals surface area (Å²) in [7, 11) is 0. The van der Waals surface area contributed by atoms with Gasteiger partial charge in [0.25, 0.3) is 11.8 Å². The third kappa shape index (κ3) is 4.03. The molecule has 2 amide bonds. The summed E-state index contributed by atoms with van der Waals surface area (Å²) in [6.45, 7) is 7.14. The lowest BCUT2D eigenvalue weighted by atomic mass is 10.1. The van der Waals surface area contributed by atoms with Crippen molar-refractivity contribution in [2.75, 3.05) is 18.4 Å². The molecule has 0 fully saturated rings. The maximum Gasteiger partial charge on any atom is 0.316 e. The Morgan fingerprint density at radius 3 is 2.40 bits per heavy atom. The molecule has 0 saturated heterocycles. The van der Waals surface area contributed by atoms with E-state index in [4.69, 9.17) is 0 Å². The molecule has 0 unspecified atom stereocenters. The second-order valence-corrected chi connectivity index (χ2v) is 6.75. The lowest BCUT2D eigenvalue weighted by Crippen LogP contribution is -2.36. The van der Waals surface area contributed by atoms with Crippen LogP contribution in [0, 0.1) is 0 Å². The van der Waals surface area contributed by atoms with Crippen molar-refractivity contribution < 1.29 is 9.59 Å². The van der Waals surface area contributed by atoms with Crippen LogP contribution < -0.4 is 16.4 Å². The summed E-state index contributed by atoms with van der Waals surface area (Å²) in [6, 6.07) is 11.5.